The third kappa shape index (κ3) is 3.17. The Kier molecular flexibility index (Phi) is 4.73. The molecule has 0 radical (unpaired) electrons. The van der Waals surface area contributed by atoms with Crippen molar-refractivity contribution in [1.82, 2.24) is 0 Å². The summed E-state index contributed by atoms with van der Waals surface area (Å²) in [7, 11) is -1.21. The Labute approximate surface area is 122 Å². The van der Waals surface area contributed by atoms with Gasteiger partial charge in [0.1, 0.15) is 0 Å². The molecule has 0 bridgehead atoms. The second kappa shape index (κ2) is 6.33. The summed E-state index contributed by atoms with van der Waals surface area (Å²) in [6.07, 6.45) is -0.467. The third-order valence-electron chi connectivity index (χ3n) is 3.57. The molecule has 106 valence electrons. The first kappa shape index (κ1) is 14.9. The molecule has 2 aromatic carbocycles. The van der Waals surface area contributed by atoms with Gasteiger partial charge in [-0.15, -0.1) is 0 Å². The van der Waals surface area contributed by atoms with Crippen LogP contribution in [0.15, 0.2) is 58.3 Å². The van der Waals surface area contributed by atoms with E-state index in [1.165, 1.54) is 0 Å². The molecule has 2 rings (SSSR count). The summed E-state index contributed by atoms with van der Waals surface area (Å²) in [5.74, 6) is -0.0411. The van der Waals surface area contributed by atoms with Crippen LogP contribution in [0.5, 0.6) is 0 Å². The van der Waals surface area contributed by atoms with Crippen molar-refractivity contribution >= 4 is 10.8 Å². The minimum Gasteiger partial charge on any atom is -0.393 e. The molecule has 3 atom stereocenters. The molecule has 3 heteroatoms. The number of hydrogen-bond acceptors (Lipinski definition) is 2. The van der Waals surface area contributed by atoms with Gasteiger partial charge in [0, 0.05) is 15.7 Å². The fourth-order valence-electron chi connectivity index (χ4n) is 2.07. The fraction of sp³-hybridized carbons (Fsp3) is 0.294. The van der Waals surface area contributed by atoms with Gasteiger partial charge in [-0.1, -0.05) is 42.8 Å². The number of aliphatic hydroxyl groups is 1. The molecule has 0 aliphatic rings. The highest BCUT2D eigenvalue weighted by Crippen LogP contribution is 2.28. The minimum absolute atomic E-state index is 0.0411. The number of aryl methyl sites for hydroxylation is 1. The molecule has 0 aromatic heterocycles. The van der Waals surface area contributed by atoms with Crippen molar-refractivity contribution < 1.29 is 9.32 Å². The van der Waals surface area contributed by atoms with E-state index >= 15 is 0 Å². The number of benzene rings is 2. The van der Waals surface area contributed by atoms with E-state index in [9.17, 15) is 9.32 Å². The molecule has 20 heavy (non-hydrogen) atoms. The average Bonchev–Trinajstić information content (AvgIpc) is 2.46. The van der Waals surface area contributed by atoms with Crippen molar-refractivity contribution in [2.75, 3.05) is 0 Å². The van der Waals surface area contributed by atoms with E-state index in [2.05, 4.69) is 0 Å². The molecule has 0 aliphatic carbocycles. The highest BCUT2D eigenvalue weighted by Gasteiger charge is 2.19. The van der Waals surface area contributed by atoms with Crippen LogP contribution in [0, 0.1) is 6.92 Å². The van der Waals surface area contributed by atoms with Gasteiger partial charge in [0.25, 0.3) is 0 Å². The zero-order valence-electron chi connectivity index (χ0n) is 12.0. The van der Waals surface area contributed by atoms with Crippen LogP contribution in [0.1, 0.15) is 30.9 Å². The largest absolute Gasteiger partial charge is 0.393 e. The summed E-state index contributed by atoms with van der Waals surface area (Å²) in [5.41, 5.74) is 2.10. The van der Waals surface area contributed by atoms with Gasteiger partial charge in [-0.05, 0) is 37.6 Å². The van der Waals surface area contributed by atoms with E-state index in [0.717, 1.165) is 20.9 Å². The zero-order valence-corrected chi connectivity index (χ0v) is 12.9. The van der Waals surface area contributed by atoms with Crippen LogP contribution in [0.4, 0.5) is 0 Å². The molecule has 1 N–H and O–H groups in total. The number of hydrogen-bond donors (Lipinski definition) is 1. The fourth-order valence-corrected chi connectivity index (χ4v) is 3.38. The van der Waals surface area contributed by atoms with E-state index in [0.29, 0.717) is 0 Å². The summed E-state index contributed by atoms with van der Waals surface area (Å²) in [5, 5.41) is 9.79. The van der Waals surface area contributed by atoms with Crippen molar-refractivity contribution in [1.29, 1.82) is 0 Å². The first-order valence-electron chi connectivity index (χ1n) is 6.76. The Hall–Kier alpha value is -1.45. The molecular formula is C17H20O2S. The second-order valence-corrected chi connectivity index (χ2v) is 6.60. The topological polar surface area (TPSA) is 37.3 Å². The van der Waals surface area contributed by atoms with E-state index in [1.807, 2.05) is 62.4 Å². The van der Waals surface area contributed by atoms with Gasteiger partial charge < -0.3 is 5.11 Å². The maximum Gasteiger partial charge on any atom is 0.0852 e. The van der Waals surface area contributed by atoms with E-state index < -0.39 is 16.9 Å². The summed E-state index contributed by atoms with van der Waals surface area (Å²) in [6, 6.07) is 15.4. The number of rotatable bonds is 4. The van der Waals surface area contributed by atoms with Gasteiger partial charge in [0.2, 0.25) is 0 Å². The Bertz CT molecular complexity index is 603. The van der Waals surface area contributed by atoms with Gasteiger partial charge in [-0.2, -0.15) is 0 Å². The molecule has 0 spiro atoms. The van der Waals surface area contributed by atoms with Crippen LogP contribution >= 0.6 is 0 Å². The molecule has 0 fully saturated rings. The molecule has 0 heterocycles. The van der Waals surface area contributed by atoms with Gasteiger partial charge in [0.05, 0.1) is 16.9 Å². The van der Waals surface area contributed by atoms with Crippen molar-refractivity contribution in [3.63, 3.8) is 0 Å². The third-order valence-corrected chi connectivity index (χ3v) is 5.04. The molecule has 0 unspecified atom stereocenters. The molecule has 0 saturated carbocycles. The van der Waals surface area contributed by atoms with Gasteiger partial charge in [0.15, 0.2) is 0 Å². The molecule has 0 aliphatic heterocycles. The summed E-state index contributed by atoms with van der Waals surface area (Å²) in [6.45, 7) is 5.72. The van der Waals surface area contributed by atoms with Crippen LogP contribution in [0.25, 0.3) is 0 Å². The smallest absolute Gasteiger partial charge is 0.0852 e. The summed E-state index contributed by atoms with van der Waals surface area (Å²) in [4.78, 5) is 1.57. The Morgan fingerprint density at radius 2 is 1.60 bits per heavy atom. The van der Waals surface area contributed by atoms with Crippen molar-refractivity contribution in [2.24, 2.45) is 0 Å². The van der Waals surface area contributed by atoms with Crippen LogP contribution in [-0.4, -0.2) is 15.4 Å². The highest BCUT2D eigenvalue weighted by atomic mass is 32.2. The van der Waals surface area contributed by atoms with Crippen molar-refractivity contribution in [2.45, 2.75) is 42.6 Å². The van der Waals surface area contributed by atoms with E-state index in [-0.39, 0.29) is 5.92 Å². The average molecular weight is 288 g/mol. The lowest BCUT2D eigenvalue weighted by Gasteiger charge is -2.18. The molecule has 0 amide bonds. The summed E-state index contributed by atoms with van der Waals surface area (Å²) < 4.78 is 12.7. The first-order chi connectivity index (χ1) is 9.50. The second-order valence-electron chi connectivity index (χ2n) is 5.15. The Balaban J connectivity index is 2.42. The zero-order chi connectivity index (χ0) is 14.7. The van der Waals surface area contributed by atoms with Crippen LogP contribution in [0.3, 0.4) is 0 Å². The van der Waals surface area contributed by atoms with Crippen LogP contribution in [0.2, 0.25) is 0 Å². The quantitative estimate of drug-likeness (QED) is 0.932. The number of aliphatic hydroxyl groups excluding tert-OH is 1. The van der Waals surface area contributed by atoms with E-state index in [4.69, 9.17) is 0 Å². The predicted octanol–water partition coefficient (Wildman–Crippen LogP) is 3.65. The first-order valence-corrected chi connectivity index (χ1v) is 7.91. The lowest BCUT2D eigenvalue weighted by atomic mass is 9.96. The molecule has 0 saturated heterocycles. The van der Waals surface area contributed by atoms with Crippen molar-refractivity contribution in [3.05, 3.63) is 59.7 Å². The van der Waals surface area contributed by atoms with Gasteiger partial charge >= 0.3 is 0 Å². The molecule has 2 aromatic rings. The highest BCUT2D eigenvalue weighted by molar-refractivity contribution is 7.85. The molecular weight excluding hydrogens is 268 g/mol. The van der Waals surface area contributed by atoms with Gasteiger partial charge in [-0.3, -0.25) is 0 Å². The molecule has 2 nitrogen and oxygen atoms in total. The lowest BCUT2D eigenvalue weighted by Crippen LogP contribution is -2.13. The normalized spacial score (nSPS) is 15.6. The SMILES string of the molecule is Cc1ccc([S@](=O)c2ccccc2[C@H](C)[C@H](C)O)cc1. The Morgan fingerprint density at radius 1 is 1.00 bits per heavy atom. The summed E-state index contributed by atoms with van der Waals surface area (Å²) >= 11 is 0. The monoisotopic (exact) mass is 288 g/mol. The van der Waals surface area contributed by atoms with Crippen molar-refractivity contribution in [3.8, 4) is 0 Å². The van der Waals surface area contributed by atoms with Gasteiger partial charge in [-0.25, -0.2) is 4.21 Å². The minimum atomic E-state index is -1.21. The lowest BCUT2D eigenvalue weighted by molar-refractivity contribution is 0.168. The predicted molar refractivity (Wildman–Crippen MR) is 82.4 cm³/mol. The maximum atomic E-state index is 12.7. The van der Waals surface area contributed by atoms with Crippen LogP contribution < -0.4 is 0 Å². The van der Waals surface area contributed by atoms with Crippen LogP contribution in [-0.2, 0) is 10.8 Å². The van der Waals surface area contributed by atoms with E-state index in [1.54, 1.807) is 6.92 Å². The maximum absolute atomic E-state index is 12.7. The standard InChI is InChI=1S/C17H20O2S/c1-12-8-10-15(11-9-12)20(19)17-7-5-4-6-16(17)13(2)14(3)18/h4-11,13-14,18H,1-3H3/t13-,14+,20+/m1/s1. The Morgan fingerprint density at radius 3 is 2.20 bits per heavy atom.